The van der Waals surface area contributed by atoms with Crippen LogP contribution in [0.5, 0.6) is 0 Å². The number of ether oxygens (including phenoxy) is 1. The van der Waals surface area contributed by atoms with Gasteiger partial charge in [0, 0.05) is 13.1 Å². The van der Waals surface area contributed by atoms with E-state index < -0.39 is 0 Å². The van der Waals surface area contributed by atoms with Crippen molar-refractivity contribution in [3.63, 3.8) is 0 Å². The monoisotopic (exact) mass is 520 g/mol. The number of allylic oxidation sites excluding steroid dienone is 1. The molecule has 2 rings (SSSR count). The van der Waals surface area contributed by atoms with Gasteiger partial charge in [-0.15, -0.1) is 35.3 Å². The molecule has 0 amide bonds. The van der Waals surface area contributed by atoms with E-state index in [9.17, 15) is 4.79 Å². The largest absolute Gasteiger partial charge is 0.462 e. The number of guanidine groups is 1. The van der Waals surface area contributed by atoms with Crippen LogP contribution >= 0.6 is 35.3 Å². The Hall–Kier alpha value is -1.16. The Morgan fingerprint density at radius 3 is 2.82 bits per heavy atom. The molecule has 1 aliphatic rings. The third kappa shape index (κ3) is 7.69. The van der Waals surface area contributed by atoms with Crippen LogP contribution in [0.2, 0.25) is 0 Å². The van der Waals surface area contributed by atoms with Crippen molar-refractivity contribution in [2.75, 3.05) is 19.7 Å². The average Bonchev–Trinajstić information content (AvgIpc) is 3.05. The summed E-state index contributed by atoms with van der Waals surface area (Å²) in [6.45, 7) is 9.68. The molecule has 8 heteroatoms. The van der Waals surface area contributed by atoms with Crippen LogP contribution in [-0.4, -0.2) is 36.6 Å². The summed E-state index contributed by atoms with van der Waals surface area (Å²) in [6, 6.07) is -0.0384. The fourth-order valence-corrected chi connectivity index (χ4v) is 3.98. The van der Waals surface area contributed by atoms with E-state index >= 15 is 0 Å². The highest BCUT2D eigenvalue weighted by molar-refractivity contribution is 14.0. The van der Waals surface area contributed by atoms with E-state index in [0.29, 0.717) is 17.2 Å². The molecule has 1 aromatic heterocycles. The van der Waals surface area contributed by atoms with Gasteiger partial charge < -0.3 is 15.4 Å². The standard InChI is InChI=1S/C20H32N4O2S.HI/c1-5-21-20(22-13-12-16-10-8-7-9-11-16)24-15(4)18-23-14(3)17(27-18)19(25)26-6-2;/h10,15H,5-9,11-13H2,1-4H3,(H2,21,22,24);1H. The van der Waals surface area contributed by atoms with Gasteiger partial charge in [-0.25, -0.2) is 9.78 Å². The zero-order valence-corrected chi connectivity index (χ0v) is 20.5. The molecule has 0 saturated carbocycles. The maximum absolute atomic E-state index is 12.0. The number of hydrogen-bond donors (Lipinski definition) is 2. The Labute approximate surface area is 189 Å². The molecule has 0 aromatic carbocycles. The zero-order valence-electron chi connectivity index (χ0n) is 17.3. The van der Waals surface area contributed by atoms with Crippen molar-refractivity contribution in [1.29, 1.82) is 0 Å². The van der Waals surface area contributed by atoms with E-state index in [-0.39, 0.29) is 36.0 Å². The predicted octanol–water partition coefficient (Wildman–Crippen LogP) is 4.75. The topological polar surface area (TPSA) is 75.6 Å². The van der Waals surface area contributed by atoms with E-state index in [4.69, 9.17) is 9.73 Å². The number of hydrogen-bond acceptors (Lipinski definition) is 5. The second-order valence-corrected chi connectivity index (χ2v) is 7.70. The highest BCUT2D eigenvalue weighted by Crippen LogP contribution is 2.24. The van der Waals surface area contributed by atoms with Gasteiger partial charge in [-0.1, -0.05) is 11.6 Å². The molecule has 0 spiro atoms. The van der Waals surface area contributed by atoms with Crippen molar-refractivity contribution in [2.45, 2.75) is 65.8 Å². The number of thiazole rings is 1. The number of aromatic nitrogens is 1. The lowest BCUT2D eigenvalue weighted by atomic mass is 9.97. The van der Waals surface area contributed by atoms with Gasteiger partial charge in [0.2, 0.25) is 0 Å². The number of rotatable bonds is 8. The number of nitrogens with zero attached hydrogens (tertiary/aromatic N) is 2. The zero-order chi connectivity index (χ0) is 19.6. The van der Waals surface area contributed by atoms with Gasteiger partial charge in [-0.3, -0.25) is 4.99 Å². The third-order valence-electron chi connectivity index (χ3n) is 4.43. The quantitative estimate of drug-likeness (QED) is 0.170. The first-order valence-electron chi connectivity index (χ1n) is 9.92. The average molecular weight is 520 g/mol. The van der Waals surface area contributed by atoms with Gasteiger partial charge in [0.05, 0.1) is 18.3 Å². The Bertz CT molecular complexity index is 688. The highest BCUT2D eigenvalue weighted by Gasteiger charge is 2.20. The van der Waals surface area contributed by atoms with Crippen molar-refractivity contribution >= 4 is 47.2 Å². The summed E-state index contributed by atoms with van der Waals surface area (Å²) in [5, 5.41) is 7.55. The van der Waals surface area contributed by atoms with Crippen LogP contribution in [0, 0.1) is 6.92 Å². The number of carbonyl (C=O) groups excluding carboxylic acids is 1. The SMILES string of the molecule is CCNC(=NCCC1=CCCCC1)NC(C)c1nc(C)c(C(=O)OCC)s1.I. The van der Waals surface area contributed by atoms with Gasteiger partial charge in [0.25, 0.3) is 0 Å². The van der Waals surface area contributed by atoms with Crippen molar-refractivity contribution < 1.29 is 9.53 Å². The van der Waals surface area contributed by atoms with Crippen molar-refractivity contribution in [3.8, 4) is 0 Å². The molecule has 1 aromatic rings. The number of aryl methyl sites for hydroxylation is 1. The Morgan fingerprint density at radius 2 is 2.18 bits per heavy atom. The van der Waals surface area contributed by atoms with E-state index in [1.807, 2.05) is 20.8 Å². The lowest BCUT2D eigenvalue weighted by molar-refractivity contribution is 0.0531. The molecule has 1 aliphatic carbocycles. The van der Waals surface area contributed by atoms with Crippen LogP contribution in [0.3, 0.4) is 0 Å². The summed E-state index contributed by atoms with van der Waals surface area (Å²) in [5.41, 5.74) is 2.25. The second kappa shape index (κ2) is 13.1. The minimum absolute atomic E-state index is 0. The van der Waals surface area contributed by atoms with E-state index in [1.54, 1.807) is 0 Å². The van der Waals surface area contributed by atoms with Crippen LogP contribution in [-0.2, 0) is 4.74 Å². The maximum atomic E-state index is 12.0. The molecule has 1 heterocycles. The normalized spacial score (nSPS) is 15.3. The molecule has 28 heavy (non-hydrogen) atoms. The number of esters is 1. The molecular weight excluding hydrogens is 487 g/mol. The van der Waals surface area contributed by atoms with Gasteiger partial charge in [-0.05, 0) is 59.8 Å². The van der Waals surface area contributed by atoms with Crippen LogP contribution < -0.4 is 10.6 Å². The maximum Gasteiger partial charge on any atom is 0.350 e. The van der Waals surface area contributed by atoms with E-state index in [1.165, 1.54) is 42.6 Å². The lowest BCUT2D eigenvalue weighted by Gasteiger charge is -2.16. The van der Waals surface area contributed by atoms with Gasteiger partial charge in [-0.2, -0.15) is 0 Å². The first-order chi connectivity index (χ1) is 13.0. The fourth-order valence-electron chi connectivity index (χ4n) is 3.02. The van der Waals surface area contributed by atoms with Crippen molar-refractivity contribution in [3.05, 3.63) is 27.2 Å². The number of halogens is 1. The molecule has 0 saturated heterocycles. The summed E-state index contributed by atoms with van der Waals surface area (Å²) in [6.07, 6.45) is 8.43. The van der Waals surface area contributed by atoms with Crippen molar-refractivity contribution in [2.24, 2.45) is 4.99 Å². The van der Waals surface area contributed by atoms with E-state index in [0.717, 1.165) is 30.5 Å². The smallest absolute Gasteiger partial charge is 0.350 e. The molecule has 0 fully saturated rings. The van der Waals surface area contributed by atoms with Gasteiger partial charge in [0.1, 0.15) is 9.88 Å². The molecule has 2 N–H and O–H groups in total. The van der Waals surface area contributed by atoms with Crippen LogP contribution in [0.25, 0.3) is 0 Å². The summed E-state index contributed by atoms with van der Waals surface area (Å²) in [7, 11) is 0. The molecule has 0 bridgehead atoms. The fraction of sp³-hybridized carbons (Fsp3) is 0.650. The lowest BCUT2D eigenvalue weighted by Crippen LogP contribution is -2.38. The van der Waals surface area contributed by atoms with Crippen LogP contribution in [0.15, 0.2) is 16.6 Å². The summed E-state index contributed by atoms with van der Waals surface area (Å²) < 4.78 is 5.10. The summed E-state index contributed by atoms with van der Waals surface area (Å²) in [5.74, 6) is 0.485. The predicted molar refractivity (Wildman–Crippen MR) is 127 cm³/mol. The number of aliphatic imine (C=N–C) groups is 1. The Morgan fingerprint density at radius 1 is 1.39 bits per heavy atom. The minimum atomic E-state index is -0.299. The minimum Gasteiger partial charge on any atom is -0.462 e. The molecular formula is C20H33IN4O2S. The summed E-state index contributed by atoms with van der Waals surface area (Å²) >= 11 is 1.38. The van der Waals surface area contributed by atoms with Crippen molar-refractivity contribution in [1.82, 2.24) is 15.6 Å². The molecule has 1 atom stereocenters. The first kappa shape index (κ1) is 24.9. The van der Waals surface area contributed by atoms with Gasteiger partial charge >= 0.3 is 5.97 Å². The molecule has 0 aliphatic heterocycles. The Kier molecular flexibility index (Phi) is 11.7. The Balaban J connectivity index is 0.00000392. The highest BCUT2D eigenvalue weighted by atomic mass is 127. The van der Waals surface area contributed by atoms with Crippen LogP contribution in [0.4, 0.5) is 0 Å². The first-order valence-corrected chi connectivity index (χ1v) is 10.7. The summed E-state index contributed by atoms with van der Waals surface area (Å²) in [4.78, 5) is 21.8. The molecule has 6 nitrogen and oxygen atoms in total. The van der Waals surface area contributed by atoms with E-state index in [2.05, 4.69) is 28.6 Å². The number of carbonyl (C=O) groups is 1. The second-order valence-electron chi connectivity index (χ2n) is 6.67. The van der Waals surface area contributed by atoms with Gasteiger partial charge in [0.15, 0.2) is 5.96 Å². The third-order valence-corrected chi connectivity index (χ3v) is 5.75. The van der Waals surface area contributed by atoms with Crippen LogP contribution in [0.1, 0.15) is 79.3 Å². The molecule has 0 radical (unpaired) electrons. The molecule has 1 unspecified atom stereocenters. The molecule has 158 valence electrons. The number of nitrogens with one attached hydrogen (secondary N) is 2.